The van der Waals surface area contributed by atoms with Gasteiger partial charge >= 0.3 is 6.18 Å². The predicted molar refractivity (Wildman–Crippen MR) is 61.6 cm³/mol. The number of halogens is 3. The monoisotopic (exact) mass is 263 g/mol. The maximum atomic E-state index is 12.1. The number of hydrogen-bond acceptors (Lipinski definition) is 3. The third kappa shape index (κ3) is 4.44. The lowest BCUT2D eigenvalue weighted by molar-refractivity contribution is -0.139. The molecule has 0 saturated carbocycles. The van der Waals surface area contributed by atoms with Crippen LogP contribution >= 0.6 is 0 Å². The molecule has 3 nitrogen and oxygen atoms in total. The van der Waals surface area contributed by atoms with Crippen molar-refractivity contribution in [2.24, 2.45) is 0 Å². The van der Waals surface area contributed by atoms with Crippen molar-refractivity contribution in [3.05, 3.63) is 23.8 Å². The lowest BCUT2D eigenvalue weighted by Gasteiger charge is -2.16. The molecule has 0 radical (unpaired) electrons. The molecule has 0 aromatic heterocycles. The van der Waals surface area contributed by atoms with Gasteiger partial charge in [-0.25, -0.2) is 0 Å². The Morgan fingerprint density at radius 1 is 1.39 bits per heavy atom. The van der Waals surface area contributed by atoms with Crippen molar-refractivity contribution in [3.63, 3.8) is 0 Å². The summed E-state index contributed by atoms with van der Waals surface area (Å²) in [5.41, 5.74) is 0.503. The Kier molecular flexibility index (Phi) is 4.84. The molecule has 0 bridgehead atoms. The fourth-order valence-corrected chi connectivity index (χ4v) is 1.58. The highest BCUT2D eigenvalue weighted by Crippen LogP contribution is 2.29. The molecule has 18 heavy (non-hydrogen) atoms. The number of alkyl halides is 3. The molecule has 0 saturated heterocycles. The van der Waals surface area contributed by atoms with Crippen molar-refractivity contribution in [2.45, 2.75) is 32.1 Å². The Hall–Kier alpha value is -1.43. The van der Waals surface area contributed by atoms with E-state index in [0.29, 0.717) is 11.3 Å². The smallest absolute Gasteiger partial charge is 0.390 e. The molecule has 1 aromatic carbocycles. The van der Waals surface area contributed by atoms with E-state index in [1.165, 1.54) is 14.0 Å². The summed E-state index contributed by atoms with van der Waals surface area (Å²) in [6.45, 7) is 1.60. The Morgan fingerprint density at radius 2 is 2.06 bits per heavy atom. The maximum Gasteiger partial charge on any atom is 0.390 e. The van der Waals surface area contributed by atoms with E-state index in [4.69, 9.17) is 4.74 Å². The van der Waals surface area contributed by atoms with Gasteiger partial charge in [0, 0.05) is 18.2 Å². The highest BCUT2D eigenvalue weighted by atomic mass is 19.4. The van der Waals surface area contributed by atoms with E-state index in [2.05, 4.69) is 5.32 Å². The van der Waals surface area contributed by atoms with Crippen LogP contribution in [0.25, 0.3) is 0 Å². The predicted octanol–water partition coefficient (Wildman–Crippen LogP) is 2.83. The molecule has 1 aromatic rings. The van der Waals surface area contributed by atoms with E-state index in [1.54, 1.807) is 18.2 Å². The molecule has 0 aliphatic rings. The molecule has 0 fully saturated rings. The second-order valence-corrected chi connectivity index (χ2v) is 4.07. The summed E-state index contributed by atoms with van der Waals surface area (Å²) in [5.74, 6) is 0.254. The normalized spacial score (nSPS) is 13.4. The zero-order valence-corrected chi connectivity index (χ0v) is 10.2. The van der Waals surface area contributed by atoms with Gasteiger partial charge in [0.2, 0.25) is 0 Å². The molecular weight excluding hydrogens is 247 g/mol. The van der Waals surface area contributed by atoms with E-state index in [0.717, 1.165) is 0 Å². The Bertz CT molecular complexity index is 393. The van der Waals surface area contributed by atoms with Gasteiger partial charge in [0.1, 0.15) is 0 Å². The molecule has 6 heteroatoms. The SMILES string of the molecule is COc1cccc(CNC(C)CC(F)(F)F)c1O. The lowest BCUT2D eigenvalue weighted by Crippen LogP contribution is -2.30. The summed E-state index contributed by atoms with van der Waals surface area (Å²) in [5, 5.41) is 12.5. The van der Waals surface area contributed by atoms with Gasteiger partial charge in [0.25, 0.3) is 0 Å². The van der Waals surface area contributed by atoms with Crippen molar-refractivity contribution < 1.29 is 23.0 Å². The first-order valence-electron chi connectivity index (χ1n) is 5.48. The van der Waals surface area contributed by atoms with E-state index >= 15 is 0 Å². The number of aromatic hydroxyl groups is 1. The lowest BCUT2D eigenvalue weighted by atomic mass is 10.1. The largest absolute Gasteiger partial charge is 0.504 e. The minimum Gasteiger partial charge on any atom is -0.504 e. The molecule has 0 spiro atoms. The summed E-state index contributed by atoms with van der Waals surface area (Å²) >= 11 is 0. The van der Waals surface area contributed by atoms with Crippen LogP contribution in [0.1, 0.15) is 18.9 Å². The van der Waals surface area contributed by atoms with Crippen LogP contribution in [0.15, 0.2) is 18.2 Å². The van der Waals surface area contributed by atoms with Crippen molar-refractivity contribution in [1.82, 2.24) is 5.32 Å². The molecular formula is C12H16F3NO2. The Morgan fingerprint density at radius 3 is 2.61 bits per heavy atom. The summed E-state index contributed by atoms with van der Waals surface area (Å²) in [7, 11) is 1.42. The van der Waals surface area contributed by atoms with Gasteiger partial charge in [-0.1, -0.05) is 12.1 Å². The zero-order chi connectivity index (χ0) is 13.8. The van der Waals surface area contributed by atoms with Gasteiger partial charge in [-0.15, -0.1) is 0 Å². The van der Waals surface area contributed by atoms with Crippen LogP contribution in [0.4, 0.5) is 13.2 Å². The van der Waals surface area contributed by atoms with Gasteiger partial charge in [-0.3, -0.25) is 0 Å². The van der Waals surface area contributed by atoms with Crippen molar-refractivity contribution in [2.75, 3.05) is 7.11 Å². The van der Waals surface area contributed by atoms with Crippen molar-refractivity contribution >= 4 is 0 Å². The van der Waals surface area contributed by atoms with Gasteiger partial charge in [-0.2, -0.15) is 13.2 Å². The van der Waals surface area contributed by atoms with Gasteiger partial charge in [0.05, 0.1) is 13.5 Å². The molecule has 0 heterocycles. The second kappa shape index (κ2) is 5.95. The topological polar surface area (TPSA) is 41.5 Å². The highest BCUT2D eigenvalue weighted by Gasteiger charge is 2.29. The highest BCUT2D eigenvalue weighted by molar-refractivity contribution is 5.45. The third-order valence-electron chi connectivity index (χ3n) is 2.48. The molecule has 0 aliphatic carbocycles. The molecule has 1 unspecified atom stereocenters. The molecule has 0 aliphatic heterocycles. The second-order valence-electron chi connectivity index (χ2n) is 4.07. The number of phenols is 1. The van der Waals surface area contributed by atoms with Crippen LogP contribution in [0.5, 0.6) is 11.5 Å². The van der Waals surface area contributed by atoms with Crippen LogP contribution in [0.2, 0.25) is 0 Å². The number of ether oxygens (including phenoxy) is 1. The molecule has 1 atom stereocenters. The summed E-state index contributed by atoms with van der Waals surface area (Å²) in [4.78, 5) is 0. The molecule has 0 amide bonds. The Labute approximate surface area is 104 Å². The number of para-hydroxylation sites is 1. The van der Waals surface area contributed by atoms with Gasteiger partial charge in [0.15, 0.2) is 11.5 Å². The van der Waals surface area contributed by atoms with Crippen LogP contribution in [-0.2, 0) is 6.54 Å². The van der Waals surface area contributed by atoms with Crippen molar-refractivity contribution in [1.29, 1.82) is 0 Å². The molecule has 102 valence electrons. The quantitative estimate of drug-likeness (QED) is 0.858. The average Bonchev–Trinajstić information content (AvgIpc) is 2.25. The van der Waals surface area contributed by atoms with Crippen LogP contribution in [-0.4, -0.2) is 24.4 Å². The summed E-state index contributed by atoms with van der Waals surface area (Å²) < 4.78 is 41.3. The number of nitrogens with one attached hydrogen (secondary N) is 1. The summed E-state index contributed by atoms with van der Waals surface area (Å²) in [6.07, 6.45) is -5.10. The number of methoxy groups -OCH3 is 1. The summed E-state index contributed by atoms with van der Waals surface area (Å²) in [6, 6.07) is 4.17. The van der Waals surface area contributed by atoms with E-state index in [1.807, 2.05) is 0 Å². The number of phenolic OH excluding ortho intramolecular Hbond substituents is 1. The molecule has 2 N–H and O–H groups in total. The Balaban J connectivity index is 2.58. The standard InChI is InChI=1S/C12H16F3NO2/c1-8(6-12(13,14)15)16-7-9-4-3-5-10(18-2)11(9)17/h3-5,8,16-17H,6-7H2,1-2H3. The first-order chi connectivity index (χ1) is 8.33. The number of hydrogen-bond donors (Lipinski definition) is 2. The zero-order valence-electron chi connectivity index (χ0n) is 10.2. The fourth-order valence-electron chi connectivity index (χ4n) is 1.58. The minimum atomic E-state index is -4.19. The number of rotatable bonds is 5. The maximum absolute atomic E-state index is 12.1. The average molecular weight is 263 g/mol. The first-order valence-corrected chi connectivity index (χ1v) is 5.48. The van der Waals surface area contributed by atoms with Crippen molar-refractivity contribution in [3.8, 4) is 11.5 Å². The van der Waals surface area contributed by atoms with E-state index < -0.39 is 18.6 Å². The third-order valence-corrected chi connectivity index (χ3v) is 2.48. The van der Waals surface area contributed by atoms with Crippen LogP contribution < -0.4 is 10.1 Å². The van der Waals surface area contributed by atoms with Gasteiger partial charge < -0.3 is 15.2 Å². The van der Waals surface area contributed by atoms with E-state index in [9.17, 15) is 18.3 Å². The van der Waals surface area contributed by atoms with Gasteiger partial charge in [-0.05, 0) is 13.0 Å². The first kappa shape index (κ1) is 14.6. The van der Waals surface area contributed by atoms with Crippen LogP contribution in [0, 0.1) is 0 Å². The minimum absolute atomic E-state index is 0.0493. The fraction of sp³-hybridized carbons (Fsp3) is 0.500. The number of benzene rings is 1. The molecule has 1 rings (SSSR count). The van der Waals surface area contributed by atoms with E-state index in [-0.39, 0.29) is 12.3 Å². The van der Waals surface area contributed by atoms with Crippen LogP contribution in [0.3, 0.4) is 0 Å².